The molecule has 0 saturated heterocycles. The zero-order chi connectivity index (χ0) is 13.2. The smallest absolute Gasteiger partial charge is 0.233 e. The van der Waals surface area contributed by atoms with E-state index in [1.165, 1.54) is 11.1 Å². The highest BCUT2D eigenvalue weighted by Crippen LogP contribution is 2.46. The third kappa shape index (κ3) is 2.70. The maximum Gasteiger partial charge on any atom is 0.233 e. The predicted octanol–water partition coefficient (Wildman–Crippen LogP) is 1.72. The SMILES string of the molecule is Cc1cccc(CCNC(=O)C2(C(N)=S)CC2)c1. The van der Waals surface area contributed by atoms with Gasteiger partial charge in [0.25, 0.3) is 0 Å². The lowest BCUT2D eigenvalue weighted by Crippen LogP contribution is -2.40. The first-order chi connectivity index (χ1) is 8.54. The van der Waals surface area contributed by atoms with E-state index >= 15 is 0 Å². The number of nitrogens with two attached hydrogens (primary N) is 1. The number of carbonyl (C=O) groups excluding carboxylic acids is 1. The molecule has 96 valence electrons. The Morgan fingerprint density at radius 3 is 2.78 bits per heavy atom. The van der Waals surface area contributed by atoms with E-state index in [1.54, 1.807) is 0 Å². The van der Waals surface area contributed by atoms with Gasteiger partial charge in [0.15, 0.2) is 0 Å². The Labute approximate surface area is 113 Å². The first-order valence-corrected chi connectivity index (χ1v) is 6.59. The van der Waals surface area contributed by atoms with Crippen molar-refractivity contribution in [2.75, 3.05) is 6.54 Å². The number of amides is 1. The Morgan fingerprint density at radius 1 is 1.50 bits per heavy atom. The highest BCUT2D eigenvalue weighted by atomic mass is 32.1. The summed E-state index contributed by atoms with van der Waals surface area (Å²) in [5.74, 6) is -0.0114. The molecule has 1 aromatic rings. The van der Waals surface area contributed by atoms with E-state index in [2.05, 4.69) is 30.4 Å². The number of nitrogens with one attached hydrogen (secondary N) is 1. The summed E-state index contributed by atoms with van der Waals surface area (Å²) in [7, 11) is 0. The van der Waals surface area contributed by atoms with Crippen molar-refractivity contribution in [3.05, 3.63) is 35.4 Å². The van der Waals surface area contributed by atoms with Gasteiger partial charge in [-0.2, -0.15) is 0 Å². The lowest BCUT2D eigenvalue weighted by Gasteiger charge is -2.13. The van der Waals surface area contributed by atoms with E-state index < -0.39 is 5.41 Å². The molecule has 1 aliphatic carbocycles. The Balaban J connectivity index is 1.83. The third-order valence-corrected chi connectivity index (χ3v) is 3.83. The Kier molecular flexibility index (Phi) is 3.66. The Morgan fingerprint density at radius 2 is 2.22 bits per heavy atom. The van der Waals surface area contributed by atoms with Crippen LogP contribution in [0.25, 0.3) is 0 Å². The molecule has 0 spiro atoms. The molecule has 1 aromatic carbocycles. The fourth-order valence-corrected chi connectivity index (χ4v) is 2.36. The zero-order valence-corrected chi connectivity index (χ0v) is 11.3. The molecule has 3 N–H and O–H groups in total. The topological polar surface area (TPSA) is 55.1 Å². The number of thiocarbonyl (C=S) groups is 1. The van der Waals surface area contributed by atoms with Gasteiger partial charge in [0, 0.05) is 6.54 Å². The molecular weight excluding hydrogens is 244 g/mol. The van der Waals surface area contributed by atoms with Crippen molar-refractivity contribution >= 4 is 23.1 Å². The van der Waals surface area contributed by atoms with Crippen molar-refractivity contribution in [3.8, 4) is 0 Å². The van der Waals surface area contributed by atoms with Crippen LogP contribution in [0.2, 0.25) is 0 Å². The van der Waals surface area contributed by atoms with E-state index in [0.717, 1.165) is 19.3 Å². The molecule has 18 heavy (non-hydrogen) atoms. The summed E-state index contributed by atoms with van der Waals surface area (Å²) in [5, 5.41) is 2.93. The largest absolute Gasteiger partial charge is 0.392 e. The van der Waals surface area contributed by atoms with Crippen LogP contribution >= 0.6 is 12.2 Å². The summed E-state index contributed by atoms with van der Waals surface area (Å²) in [6.45, 7) is 2.70. The van der Waals surface area contributed by atoms with Gasteiger partial charge in [-0.05, 0) is 31.7 Å². The van der Waals surface area contributed by atoms with Crippen LogP contribution in [0.3, 0.4) is 0 Å². The number of hydrogen-bond donors (Lipinski definition) is 2. The van der Waals surface area contributed by atoms with Crippen LogP contribution in [0.4, 0.5) is 0 Å². The maximum absolute atomic E-state index is 11.9. The van der Waals surface area contributed by atoms with Crippen LogP contribution in [-0.4, -0.2) is 17.4 Å². The van der Waals surface area contributed by atoms with Gasteiger partial charge in [-0.15, -0.1) is 0 Å². The van der Waals surface area contributed by atoms with Crippen LogP contribution in [0.15, 0.2) is 24.3 Å². The molecule has 2 rings (SSSR count). The highest BCUT2D eigenvalue weighted by Gasteiger charge is 2.52. The molecule has 4 heteroatoms. The number of hydrogen-bond acceptors (Lipinski definition) is 2. The summed E-state index contributed by atoms with van der Waals surface area (Å²) in [4.78, 5) is 12.3. The van der Waals surface area contributed by atoms with Crippen molar-refractivity contribution in [2.45, 2.75) is 26.2 Å². The summed E-state index contributed by atoms with van der Waals surface area (Å²) in [5.41, 5.74) is 7.54. The Hall–Kier alpha value is -1.42. The second-order valence-corrected chi connectivity index (χ2v) is 5.38. The number of benzene rings is 1. The van der Waals surface area contributed by atoms with Gasteiger partial charge in [0.1, 0.15) is 0 Å². The summed E-state index contributed by atoms with van der Waals surface area (Å²) >= 11 is 4.95. The van der Waals surface area contributed by atoms with Crippen LogP contribution in [0, 0.1) is 12.3 Å². The number of aryl methyl sites for hydroxylation is 1. The Bertz CT molecular complexity index is 480. The summed E-state index contributed by atoms with van der Waals surface area (Å²) in [6.07, 6.45) is 2.41. The molecule has 3 nitrogen and oxygen atoms in total. The van der Waals surface area contributed by atoms with Gasteiger partial charge in [0.05, 0.1) is 10.4 Å². The molecule has 0 aromatic heterocycles. The average molecular weight is 262 g/mol. The quantitative estimate of drug-likeness (QED) is 0.794. The predicted molar refractivity (Wildman–Crippen MR) is 76.3 cm³/mol. The highest BCUT2D eigenvalue weighted by molar-refractivity contribution is 7.80. The molecule has 1 amide bonds. The molecule has 0 atom stereocenters. The maximum atomic E-state index is 11.9. The molecule has 0 heterocycles. The molecule has 0 bridgehead atoms. The standard InChI is InChI=1S/C14H18N2OS/c1-10-3-2-4-11(9-10)5-8-16-13(17)14(6-7-14)12(15)18/h2-4,9H,5-8H2,1H3,(H2,15,18)(H,16,17). The number of rotatable bonds is 5. The van der Waals surface area contributed by atoms with Crippen molar-refractivity contribution in [1.29, 1.82) is 0 Å². The lowest BCUT2D eigenvalue weighted by atomic mass is 10.1. The van der Waals surface area contributed by atoms with Crippen molar-refractivity contribution in [2.24, 2.45) is 11.1 Å². The van der Waals surface area contributed by atoms with E-state index in [-0.39, 0.29) is 5.91 Å². The van der Waals surface area contributed by atoms with Crippen LogP contribution in [0.1, 0.15) is 24.0 Å². The minimum absolute atomic E-state index is 0.0114. The second kappa shape index (κ2) is 5.06. The molecule has 1 saturated carbocycles. The first kappa shape index (κ1) is 13.0. The van der Waals surface area contributed by atoms with E-state index in [1.807, 2.05) is 6.07 Å². The minimum Gasteiger partial charge on any atom is -0.392 e. The average Bonchev–Trinajstić information content (AvgIpc) is 3.10. The van der Waals surface area contributed by atoms with Gasteiger partial charge in [-0.1, -0.05) is 42.0 Å². The molecular formula is C14H18N2OS. The van der Waals surface area contributed by atoms with Crippen molar-refractivity contribution in [1.82, 2.24) is 5.32 Å². The fourth-order valence-electron chi connectivity index (χ4n) is 2.07. The lowest BCUT2D eigenvalue weighted by molar-refractivity contribution is -0.123. The fraction of sp³-hybridized carbons (Fsp3) is 0.429. The van der Waals surface area contributed by atoms with Crippen molar-refractivity contribution < 1.29 is 4.79 Å². The van der Waals surface area contributed by atoms with E-state index in [0.29, 0.717) is 11.5 Å². The molecule has 0 aliphatic heterocycles. The van der Waals surface area contributed by atoms with E-state index in [4.69, 9.17) is 18.0 Å². The van der Waals surface area contributed by atoms with Crippen LogP contribution < -0.4 is 11.1 Å². The molecule has 1 aliphatic rings. The van der Waals surface area contributed by atoms with Crippen LogP contribution in [0.5, 0.6) is 0 Å². The molecule has 0 unspecified atom stereocenters. The van der Waals surface area contributed by atoms with Crippen LogP contribution in [-0.2, 0) is 11.2 Å². The normalized spacial score (nSPS) is 16.1. The minimum atomic E-state index is -0.540. The third-order valence-electron chi connectivity index (χ3n) is 3.44. The summed E-state index contributed by atoms with van der Waals surface area (Å²) < 4.78 is 0. The van der Waals surface area contributed by atoms with Gasteiger partial charge in [-0.3, -0.25) is 4.79 Å². The monoisotopic (exact) mass is 262 g/mol. The molecule has 1 fully saturated rings. The summed E-state index contributed by atoms with van der Waals surface area (Å²) in [6, 6.07) is 8.30. The second-order valence-electron chi connectivity index (χ2n) is 4.94. The van der Waals surface area contributed by atoms with Gasteiger partial charge >= 0.3 is 0 Å². The molecule has 0 radical (unpaired) electrons. The first-order valence-electron chi connectivity index (χ1n) is 6.18. The van der Waals surface area contributed by atoms with Gasteiger partial charge in [-0.25, -0.2) is 0 Å². The van der Waals surface area contributed by atoms with Gasteiger partial charge in [0.2, 0.25) is 5.91 Å². The van der Waals surface area contributed by atoms with E-state index in [9.17, 15) is 4.79 Å². The van der Waals surface area contributed by atoms with Crippen molar-refractivity contribution in [3.63, 3.8) is 0 Å². The number of carbonyl (C=O) groups is 1. The zero-order valence-electron chi connectivity index (χ0n) is 10.5. The van der Waals surface area contributed by atoms with Gasteiger partial charge < -0.3 is 11.1 Å².